The molecule has 26 heavy (non-hydrogen) atoms. The maximum absolute atomic E-state index is 12.4. The number of rotatable bonds is 9. The summed E-state index contributed by atoms with van der Waals surface area (Å²) < 4.78 is 35.0. The van der Waals surface area contributed by atoms with Crippen LogP contribution < -0.4 is 10.1 Å². The van der Waals surface area contributed by atoms with Crippen LogP contribution in [0.25, 0.3) is 0 Å². The molecule has 0 aliphatic heterocycles. The SMILES string of the molecule is CC(C)(C)[C@@H](O)CC(=O)N[C@@H](COC1CC1)c1cccc(OC(F)F)c1. The van der Waals surface area contributed by atoms with Crippen molar-refractivity contribution in [1.82, 2.24) is 5.32 Å². The first kappa shape index (κ1) is 20.6. The Labute approximate surface area is 152 Å². The Hall–Kier alpha value is -1.73. The highest BCUT2D eigenvalue weighted by molar-refractivity contribution is 5.77. The number of hydrogen-bond acceptors (Lipinski definition) is 4. The van der Waals surface area contributed by atoms with E-state index >= 15 is 0 Å². The lowest BCUT2D eigenvalue weighted by Gasteiger charge is -2.26. The number of aliphatic hydroxyl groups excluding tert-OH is 1. The summed E-state index contributed by atoms with van der Waals surface area (Å²) in [5.74, 6) is -0.296. The first-order chi connectivity index (χ1) is 12.1. The highest BCUT2D eigenvalue weighted by Crippen LogP contribution is 2.27. The van der Waals surface area contributed by atoms with Crippen LogP contribution in [0.15, 0.2) is 24.3 Å². The fourth-order valence-corrected chi connectivity index (χ4v) is 2.33. The predicted octanol–water partition coefficient (Wildman–Crippen LogP) is 3.42. The number of amides is 1. The molecule has 0 unspecified atom stereocenters. The van der Waals surface area contributed by atoms with Crippen LogP contribution >= 0.6 is 0 Å². The number of nitrogens with one attached hydrogen (secondary N) is 1. The van der Waals surface area contributed by atoms with Crippen molar-refractivity contribution in [3.63, 3.8) is 0 Å². The number of carbonyl (C=O) groups is 1. The highest BCUT2D eigenvalue weighted by Gasteiger charge is 2.28. The molecule has 2 N–H and O–H groups in total. The number of benzene rings is 1. The van der Waals surface area contributed by atoms with E-state index in [0.29, 0.717) is 5.56 Å². The quantitative estimate of drug-likeness (QED) is 0.698. The van der Waals surface area contributed by atoms with Crippen LogP contribution in [0.3, 0.4) is 0 Å². The van der Waals surface area contributed by atoms with Crippen LogP contribution in [-0.2, 0) is 9.53 Å². The van der Waals surface area contributed by atoms with Crippen molar-refractivity contribution in [2.45, 2.75) is 64.9 Å². The Bertz CT molecular complexity index is 599. The molecule has 1 aliphatic carbocycles. The van der Waals surface area contributed by atoms with Crippen LogP contribution in [0.2, 0.25) is 0 Å². The van der Waals surface area contributed by atoms with Crippen molar-refractivity contribution in [3.05, 3.63) is 29.8 Å². The third-order valence-corrected chi connectivity index (χ3v) is 4.22. The Morgan fingerprint density at radius 2 is 2.04 bits per heavy atom. The number of alkyl halides is 2. The Balaban J connectivity index is 2.06. The van der Waals surface area contributed by atoms with Gasteiger partial charge in [0.1, 0.15) is 5.75 Å². The molecule has 2 atom stereocenters. The number of hydrogen-bond donors (Lipinski definition) is 2. The fourth-order valence-electron chi connectivity index (χ4n) is 2.33. The summed E-state index contributed by atoms with van der Waals surface area (Å²) in [5, 5.41) is 12.9. The van der Waals surface area contributed by atoms with Gasteiger partial charge in [-0.25, -0.2) is 0 Å². The second-order valence-corrected chi connectivity index (χ2v) is 7.69. The molecule has 1 aromatic rings. The molecule has 0 heterocycles. The van der Waals surface area contributed by atoms with Gasteiger partial charge in [-0.05, 0) is 36.0 Å². The third kappa shape index (κ3) is 6.88. The van der Waals surface area contributed by atoms with Crippen molar-refractivity contribution in [3.8, 4) is 5.75 Å². The van der Waals surface area contributed by atoms with E-state index in [1.807, 2.05) is 20.8 Å². The summed E-state index contributed by atoms with van der Waals surface area (Å²) in [7, 11) is 0. The molecule has 0 aromatic heterocycles. The molecule has 7 heteroatoms. The van der Waals surface area contributed by atoms with Gasteiger partial charge in [0.2, 0.25) is 5.91 Å². The average Bonchev–Trinajstić information content (AvgIpc) is 3.34. The fraction of sp³-hybridized carbons (Fsp3) is 0.632. The van der Waals surface area contributed by atoms with Crippen LogP contribution in [-0.4, -0.2) is 36.4 Å². The standard InChI is InChI=1S/C19H27F2NO4/c1-19(2,3)16(23)10-17(24)22-15(11-25-13-7-8-13)12-5-4-6-14(9-12)26-18(20)21/h4-6,9,13,15-16,18,23H,7-8,10-11H2,1-3H3,(H,22,24)/t15-,16-/m0/s1. The van der Waals surface area contributed by atoms with Gasteiger partial charge in [0, 0.05) is 0 Å². The first-order valence-corrected chi connectivity index (χ1v) is 8.79. The van der Waals surface area contributed by atoms with Crippen molar-refractivity contribution >= 4 is 5.91 Å². The van der Waals surface area contributed by atoms with Gasteiger partial charge in [-0.1, -0.05) is 32.9 Å². The zero-order valence-corrected chi connectivity index (χ0v) is 15.4. The number of carbonyl (C=O) groups excluding carboxylic acids is 1. The largest absolute Gasteiger partial charge is 0.435 e. The summed E-state index contributed by atoms with van der Waals surface area (Å²) >= 11 is 0. The van der Waals surface area contributed by atoms with Crippen molar-refractivity contribution in [1.29, 1.82) is 0 Å². The lowest BCUT2D eigenvalue weighted by Crippen LogP contribution is -2.37. The predicted molar refractivity (Wildman–Crippen MR) is 93.0 cm³/mol. The molecule has 1 aromatic carbocycles. The van der Waals surface area contributed by atoms with Gasteiger partial charge < -0.3 is 19.9 Å². The summed E-state index contributed by atoms with van der Waals surface area (Å²) in [5.41, 5.74) is 0.199. The van der Waals surface area contributed by atoms with E-state index in [1.165, 1.54) is 12.1 Å². The van der Waals surface area contributed by atoms with E-state index in [2.05, 4.69) is 10.1 Å². The first-order valence-electron chi connectivity index (χ1n) is 8.79. The average molecular weight is 371 g/mol. The molecule has 0 radical (unpaired) electrons. The van der Waals surface area contributed by atoms with Crippen LogP contribution in [0.4, 0.5) is 8.78 Å². The number of halogens is 2. The lowest BCUT2D eigenvalue weighted by atomic mass is 9.87. The van der Waals surface area contributed by atoms with E-state index in [4.69, 9.17) is 4.74 Å². The molecule has 1 saturated carbocycles. The maximum atomic E-state index is 12.4. The Morgan fingerprint density at radius 1 is 1.35 bits per heavy atom. The zero-order valence-electron chi connectivity index (χ0n) is 15.4. The Kier molecular flexibility index (Phi) is 6.94. The van der Waals surface area contributed by atoms with Crippen molar-refractivity contribution < 1.29 is 28.2 Å². The van der Waals surface area contributed by atoms with E-state index in [0.717, 1.165) is 12.8 Å². The van der Waals surface area contributed by atoms with Gasteiger partial charge in [-0.15, -0.1) is 0 Å². The normalized spacial score (nSPS) is 17.0. The molecule has 1 aliphatic rings. The maximum Gasteiger partial charge on any atom is 0.387 e. The topological polar surface area (TPSA) is 67.8 Å². The second kappa shape index (κ2) is 8.77. The minimum absolute atomic E-state index is 0.0258. The van der Waals surface area contributed by atoms with Crippen LogP contribution in [0, 0.1) is 5.41 Å². The van der Waals surface area contributed by atoms with Crippen molar-refractivity contribution in [2.24, 2.45) is 5.41 Å². The number of ether oxygens (including phenoxy) is 2. The highest BCUT2D eigenvalue weighted by atomic mass is 19.3. The van der Waals surface area contributed by atoms with E-state index < -0.39 is 24.2 Å². The molecule has 1 fully saturated rings. The van der Waals surface area contributed by atoms with E-state index in [9.17, 15) is 18.7 Å². The Morgan fingerprint density at radius 3 is 2.62 bits per heavy atom. The minimum Gasteiger partial charge on any atom is -0.435 e. The third-order valence-electron chi connectivity index (χ3n) is 4.22. The van der Waals surface area contributed by atoms with Gasteiger partial charge in [0.15, 0.2) is 0 Å². The smallest absolute Gasteiger partial charge is 0.387 e. The lowest BCUT2D eigenvalue weighted by molar-refractivity contribution is -0.125. The molecule has 0 saturated heterocycles. The van der Waals surface area contributed by atoms with E-state index in [1.54, 1.807) is 12.1 Å². The minimum atomic E-state index is -2.91. The van der Waals surface area contributed by atoms with Gasteiger partial charge >= 0.3 is 6.61 Å². The molecular formula is C19H27F2NO4. The summed E-state index contributed by atoms with van der Waals surface area (Å²) in [6, 6.07) is 5.71. The molecule has 1 amide bonds. The van der Waals surface area contributed by atoms with Gasteiger partial charge in [0.25, 0.3) is 0 Å². The monoisotopic (exact) mass is 371 g/mol. The molecule has 0 spiro atoms. The van der Waals surface area contributed by atoms with E-state index in [-0.39, 0.29) is 30.8 Å². The summed E-state index contributed by atoms with van der Waals surface area (Å²) in [6.45, 7) is 2.88. The van der Waals surface area contributed by atoms with Crippen LogP contribution in [0.1, 0.15) is 51.6 Å². The zero-order chi connectivity index (χ0) is 19.3. The number of aliphatic hydroxyl groups is 1. The van der Waals surface area contributed by atoms with Gasteiger partial charge in [-0.3, -0.25) is 4.79 Å². The summed E-state index contributed by atoms with van der Waals surface area (Å²) in [4.78, 5) is 12.3. The molecule has 0 bridgehead atoms. The molecule has 146 valence electrons. The van der Waals surface area contributed by atoms with Gasteiger partial charge in [-0.2, -0.15) is 8.78 Å². The van der Waals surface area contributed by atoms with Gasteiger partial charge in [0.05, 0.1) is 31.3 Å². The van der Waals surface area contributed by atoms with Crippen LogP contribution in [0.5, 0.6) is 5.75 Å². The molecular weight excluding hydrogens is 344 g/mol. The molecule has 2 rings (SSSR count). The second-order valence-electron chi connectivity index (χ2n) is 7.69. The van der Waals surface area contributed by atoms with Crippen molar-refractivity contribution in [2.75, 3.05) is 6.61 Å². The summed E-state index contributed by atoms with van der Waals surface area (Å²) in [6.07, 6.45) is 1.32. The molecule has 5 nitrogen and oxygen atoms in total.